The fourth-order valence-electron chi connectivity index (χ4n) is 1.14. The fraction of sp³-hybridized carbons (Fsp3) is 0.692. The smallest absolute Gasteiger partial charge is 0.240 e. The molecule has 0 saturated heterocycles. The summed E-state index contributed by atoms with van der Waals surface area (Å²) in [6, 6.07) is 0. The molecule has 0 fully saturated rings. The summed E-state index contributed by atoms with van der Waals surface area (Å²) < 4.78 is 0. The van der Waals surface area contributed by atoms with Gasteiger partial charge in [-0.25, -0.2) is 10.9 Å². The minimum atomic E-state index is -0.172. The van der Waals surface area contributed by atoms with Crippen LogP contribution < -0.4 is 10.9 Å². The molecule has 0 bridgehead atoms. The van der Waals surface area contributed by atoms with Crippen molar-refractivity contribution >= 4 is 24.2 Å². The maximum atomic E-state index is 11.3. The first kappa shape index (κ1) is 17.3. The number of amides is 2. The topological polar surface area (TPSA) is 82.9 Å². The summed E-state index contributed by atoms with van der Waals surface area (Å²) in [5.74, 6) is -0.343. The predicted molar refractivity (Wildman–Crippen MR) is 76.9 cm³/mol. The molecule has 108 valence electrons. The Morgan fingerprint density at radius 1 is 0.895 bits per heavy atom. The van der Waals surface area contributed by atoms with Crippen LogP contribution in [0.1, 0.15) is 58.8 Å². The molecule has 19 heavy (non-hydrogen) atoms. The molecule has 0 saturated carbocycles. The van der Waals surface area contributed by atoms with Crippen molar-refractivity contribution in [3.05, 3.63) is 0 Å². The molecule has 0 unspecified atom stereocenters. The van der Waals surface area contributed by atoms with Gasteiger partial charge in [0.15, 0.2) is 0 Å². The Balaban J connectivity index is 3.56. The Kier molecular flexibility index (Phi) is 11.6. The van der Waals surface area contributed by atoms with E-state index in [1.165, 1.54) is 0 Å². The van der Waals surface area contributed by atoms with Gasteiger partial charge in [-0.15, -0.1) is 0 Å². The molecule has 0 aromatic heterocycles. The zero-order valence-electron chi connectivity index (χ0n) is 11.8. The number of nitrogens with zero attached hydrogens (tertiary/aromatic N) is 2. The van der Waals surface area contributed by atoms with Gasteiger partial charge in [0.2, 0.25) is 11.8 Å². The Hall–Kier alpha value is -1.72. The number of carbonyl (C=O) groups is 2. The first-order chi connectivity index (χ1) is 9.20. The number of unbranched alkanes of at least 4 members (excludes halogenated alkanes) is 2. The molecule has 0 aliphatic rings. The zero-order valence-corrected chi connectivity index (χ0v) is 11.8. The molecule has 0 aromatic rings. The second kappa shape index (κ2) is 12.7. The largest absolute Gasteiger partial charge is 0.273 e. The average molecular weight is 268 g/mol. The predicted octanol–water partition coefficient (Wildman–Crippen LogP) is 1.96. The third-order valence-corrected chi connectivity index (χ3v) is 2.20. The lowest BCUT2D eigenvalue weighted by atomic mass is 10.2. The molecule has 6 heteroatoms. The van der Waals surface area contributed by atoms with Crippen LogP contribution in [0, 0.1) is 0 Å². The van der Waals surface area contributed by atoms with Gasteiger partial charge in [0.25, 0.3) is 0 Å². The lowest BCUT2D eigenvalue weighted by molar-refractivity contribution is -0.122. The lowest BCUT2D eigenvalue weighted by Crippen LogP contribution is -2.20. The molecular weight excluding hydrogens is 244 g/mol. The third-order valence-electron chi connectivity index (χ3n) is 2.20. The normalized spacial score (nSPS) is 11.1. The first-order valence-electron chi connectivity index (χ1n) is 6.81. The molecule has 0 aromatic carbocycles. The van der Waals surface area contributed by atoms with Crippen molar-refractivity contribution in [3.63, 3.8) is 0 Å². The van der Waals surface area contributed by atoms with Crippen molar-refractivity contribution < 1.29 is 9.59 Å². The van der Waals surface area contributed by atoms with E-state index in [1.54, 1.807) is 12.4 Å². The number of hydrazone groups is 2. The maximum Gasteiger partial charge on any atom is 0.240 e. The summed E-state index contributed by atoms with van der Waals surface area (Å²) in [5.41, 5.74) is 4.84. The van der Waals surface area contributed by atoms with Gasteiger partial charge in [-0.05, 0) is 19.3 Å². The van der Waals surface area contributed by atoms with Gasteiger partial charge in [0.05, 0.1) is 0 Å². The van der Waals surface area contributed by atoms with Gasteiger partial charge >= 0.3 is 0 Å². The van der Waals surface area contributed by atoms with Crippen molar-refractivity contribution in [2.24, 2.45) is 10.2 Å². The van der Waals surface area contributed by atoms with E-state index in [1.807, 2.05) is 13.8 Å². The highest BCUT2D eigenvalue weighted by Crippen LogP contribution is 1.95. The third kappa shape index (κ3) is 12.5. The van der Waals surface area contributed by atoms with E-state index in [4.69, 9.17) is 0 Å². The van der Waals surface area contributed by atoms with E-state index in [-0.39, 0.29) is 24.7 Å². The standard InChI is InChI=1S/C13H24N4O2/c1-3-5-10-14-16-12(18)8-7-9-13(19)17-15-11-6-4-2/h10-11H,3-9H2,1-2H3,(H,16,18)(H,17,19)/b14-10+,15-11+. The number of carbonyl (C=O) groups excluding carboxylic acids is 2. The van der Waals surface area contributed by atoms with Crippen molar-refractivity contribution in [2.45, 2.75) is 58.8 Å². The molecule has 0 aliphatic carbocycles. The van der Waals surface area contributed by atoms with Gasteiger partial charge < -0.3 is 0 Å². The second-order valence-corrected chi connectivity index (χ2v) is 4.12. The first-order valence-corrected chi connectivity index (χ1v) is 6.81. The summed E-state index contributed by atoms with van der Waals surface area (Å²) in [6.45, 7) is 4.07. The van der Waals surface area contributed by atoms with Gasteiger partial charge in [0, 0.05) is 25.3 Å². The van der Waals surface area contributed by atoms with Crippen LogP contribution >= 0.6 is 0 Å². The lowest BCUT2D eigenvalue weighted by Gasteiger charge is -2.00. The number of nitrogens with one attached hydrogen (secondary N) is 2. The highest BCUT2D eigenvalue weighted by Gasteiger charge is 2.03. The van der Waals surface area contributed by atoms with Crippen LogP contribution in [0.2, 0.25) is 0 Å². The van der Waals surface area contributed by atoms with Crippen molar-refractivity contribution in [3.8, 4) is 0 Å². The van der Waals surface area contributed by atoms with Gasteiger partial charge in [-0.2, -0.15) is 10.2 Å². The van der Waals surface area contributed by atoms with Crippen LogP contribution in [0.15, 0.2) is 10.2 Å². The molecule has 6 nitrogen and oxygen atoms in total. The minimum absolute atomic E-state index is 0.172. The molecule has 0 radical (unpaired) electrons. The van der Waals surface area contributed by atoms with Crippen LogP contribution in [0.3, 0.4) is 0 Å². The van der Waals surface area contributed by atoms with E-state index in [2.05, 4.69) is 21.1 Å². The minimum Gasteiger partial charge on any atom is -0.273 e. The highest BCUT2D eigenvalue weighted by molar-refractivity contribution is 5.79. The van der Waals surface area contributed by atoms with E-state index < -0.39 is 0 Å². The van der Waals surface area contributed by atoms with Crippen LogP contribution in [-0.2, 0) is 9.59 Å². The quantitative estimate of drug-likeness (QED) is 0.469. The number of hydrogen-bond donors (Lipinski definition) is 2. The van der Waals surface area contributed by atoms with Crippen LogP contribution in [-0.4, -0.2) is 24.2 Å². The van der Waals surface area contributed by atoms with E-state index in [0.717, 1.165) is 25.7 Å². The molecule has 0 aliphatic heterocycles. The summed E-state index contributed by atoms with van der Waals surface area (Å²) in [6.07, 6.45) is 8.10. The van der Waals surface area contributed by atoms with Gasteiger partial charge in [-0.1, -0.05) is 26.7 Å². The summed E-state index contributed by atoms with van der Waals surface area (Å²) >= 11 is 0. The highest BCUT2D eigenvalue weighted by atomic mass is 16.2. The summed E-state index contributed by atoms with van der Waals surface area (Å²) in [4.78, 5) is 22.6. The van der Waals surface area contributed by atoms with Crippen LogP contribution in [0.25, 0.3) is 0 Å². The van der Waals surface area contributed by atoms with Crippen LogP contribution in [0.4, 0.5) is 0 Å². The summed E-state index contributed by atoms with van der Waals surface area (Å²) in [7, 11) is 0. The SMILES string of the molecule is CCC/C=N/NC(=O)CCCC(=O)N/N=C/CCC. The van der Waals surface area contributed by atoms with E-state index >= 15 is 0 Å². The van der Waals surface area contributed by atoms with E-state index in [9.17, 15) is 9.59 Å². The average Bonchev–Trinajstić information content (AvgIpc) is 2.40. The van der Waals surface area contributed by atoms with Gasteiger partial charge in [0.1, 0.15) is 0 Å². The van der Waals surface area contributed by atoms with Gasteiger partial charge in [-0.3, -0.25) is 9.59 Å². The molecule has 0 atom stereocenters. The molecular formula is C13H24N4O2. The molecule has 2 amide bonds. The fourth-order valence-corrected chi connectivity index (χ4v) is 1.14. The molecule has 0 spiro atoms. The molecule has 0 rings (SSSR count). The molecule has 2 N–H and O–H groups in total. The Morgan fingerprint density at radius 2 is 1.32 bits per heavy atom. The Morgan fingerprint density at radius 3 is 1.68 bits per heavy atom. The second-order valence-electron chi connectivity index (χ2n) is 4.12. The summed E-state index contributed by atoms with van der Waals surface area (Å²) in [5, 5.41) is 7.56. The van der Waals surface area contributed by atoms with Crippen molar-refractivity contribution in [1.29, 1.82) is 0 Å². The number of hydrogen-bond acceptors (Lipinski definition) is 4. The van der Waals surface area contributed by atoms with Crippen molar-refractivity contribution in [2.75, 3.05) is 0 Å². The molecule has 0 heterocycles. The Bertz CT molecular complexity index is 284. The Labute approximate surface area is 114 Å². The monoisotopic (exact) mass is 268 g/mol. The maximum absolute atomic E-state index is 11.3. The number of rotatable bonds is 10. The van der Waals surface area contributed by atoms with Crippen LogP contribution in [0.5, 0.6) is 0 Å². The van der Waals surface area contributed by atoms with E-state index in [0.29, 0.717) is 6.42 Å². The van der Waals surface area contributed by atoms with Crippen molar-refractivity contribution in [1.82, 2.24) is 10.9 Å². The zero-order chi connectivity index (χ0) is 14.3.